The zero-order valence-corrected chi connectivity index (χ0v) is 19.1. The van der Waals surface area contributed by atoms with E-state index in [1.807, 2.05) is 60.4 Å². The molecule has 0 bridgehead atoms. The lowest BCUT2D eigenvalue weighted by atomic mass is 9.94. The van der Waals surface area contributed by atoms with Crippen LogP contribution in [0, 0.1) is 12.8 Å². The molecule has 0 radical (unpaired) electrons. The number of nitrogens with zero attached hydrogens (tertiary/aromatic N) is 2. The zero-order valence-electron chi connectivity index (χ0n) is 19.1. The molecule has 2 aromatic carbocycles. The minimum Gasteiger partial charge on any atom is -0.454 e. The van der Waals surface area contributed by atoms with Crippen molar-refractivity contribution in [3.05, 3.63) is 77.5 Å². The molecule has 0 spiro atoms. The monoisotopic (exact) mass is 457 g/mol. The van der Waals surface area contributed by atoms with Crippen molar-refractivity contribution in [1.82, 2.24) is 15.2 Å². The molecule has 0 unspecified atom stereocenters. The van der Waals surface area contributed by atoms with Gasteiger partial charge in [0, 0.05) is 37.3 Å². The standard InChI is InChI=1S/C27H27N3O4/c1-18-5-2-3-6-21(18)25-22(7-4-12-28-25)27(32)30-13-10-20(11-14-30)26(31)29-16-19-8-9-23-24(15-19)34-17-33-23/h2-9,12,15,20H,10-11,13-14,16-17H2,1H3,(H,29,31). The van der Waals surface area contributed by atoms with Crippen LogP contribution in [0.1, 0.15) is 34.3 Å². The van der Waals surface area contributed by atoms with Gasteiger partial charge in [0.15, 0.2) is 11.5 Å². The second-order valence-electron chi connectivity index (χ2n) is 8.69. The van der Waals surface area contributed by atoms with E-state index in [4.69, 9.17) is 9.47 Å². The average molecular weight is 458 g/mol. The molecule has 1 aromatic heterocycles. The first-order valence-electron chi connectivity index (χ1n) is 11.6. The van der Waals surface area contributed by atoms with Gasteiger partial charge in [-0.1, -0.05) is 30.3 Å². The Morgan fingerprint density at radius 2 is 1.82 bits per heavy atom. The summed E-state index contributed by atoms with van der Waals surface area (Å²) in [5.74, 6) is 1.31. The molecule has 7 nitrogen and oxygen atoms in total. The highest BCUT2D eigenvalue weighted by Gasteiger charge is 2.29. The van der Waals surface area contributed by atoms with Crippen molar-refractivity contribution in [1.29, 1.82) is 0 Å². The van der Waals surface area contributed by atoms with Crippen LogP contribution in [0.15, 0.2) is 60.8 Å². The number of ether oxygens (including phenoxy) is 2. The van der Waals surface area contributed by atoms with Gasteiger partial charge < -0.3 is 19.7 Å². The summed E-state index contributed by atoms with van der Waals surface area (Å²) in [6.07, 6.45) is 2.99. The molecule has 3 aromatic rings. The van der Waals surface area contributed by atoms with Crippen LogP contribution >= 0.6 is 0 Å². The zero-order chi connectivity index (χ0) is 23.5. The fourth-order valence-corrected chi connectivity index (χ4v) is 4.53. The number of rotatable bonds is 5. The van der Waals surface area contributed by atoms with Crippen LogP contribution in [-0.2, 0) is 11.3 Å². The Labute approximate surface area is 198 Å². The van der Waals surface area contributed by atoms with Gasteiger partial charge in [0.05, 0.1) is 11.3 Å². The number of fused-ring (bicyclic) bond motifs is 1. The summed E-state index contributed by atoms with van der Waals surface area (Å²) in [5.41, 5.74) is 4.31. The van der Waals surface area contributed by atoms with Crippen molar-refractivity contribution >= 4 is 11.8 Å². The summed E-state index contributed by atoms with van der Waals surface area (Å²) in [6.45, 7) is 3.77. The van der Waals surface area contributed by atoms with Crippen molar-refractivity contribution in [2.75, 3.05) is 19.9 Å². The number of piperidine rings is 1. The molecule has 0 atom stereocenters. The van der Waals surface area contributed by atoms with Crippen LogP contribution in [0.3, 0.4) is 0 Å². The van der Waals surface area contributed by atoms with Gasteiger partial charge in [0.25, 0.3) is 5.91 Å². The largest absolute Gasteiger partial charge is 0.454 e. The van der Waals surface area contributed by atoms with Crippen LogP contribution in [0.2, 0.25) is 0 Å². The van der Waals surface area contributed by atoms with Gasteiger partial charge in [-0.05, 0) is 55.2 Å². The van der Waals surface area contributed by atoms with Crippen LogP contribution in [0.25, 0.3) is 11.3 Å². The quantitative estimate of drug-likeness (QED) is 0.627. The Kier molecular flexibility index (Phi) is 6.16. The molecular formula is C27H27N3O4. The summed E-state index contributed by atoms with van der Waals surface area (Å²) < 4.78 is 10.7. The topological polar surface area (TPSA) is 80.8 Å². The van der Waals surface area contributed by atoms with E-state index in [0.29, 0.717) is 49.5 Å². The highest BCUT2D eigenvalue weighted by molar-refractivity contribution is 6.00. The van der Waals surface area contributed by atoms with Gasteiger partial charge in [-0.15, -0.1) is 0 Å². The molecule has 2 aliphatic rings. The van der Waals surface area contributed by atoms with E-state index in [0.717, 1.165) is 22.4 Å². The van der Waals surface area contributed by atoms with Gasteiger partial charge in [0.2, 0.25) is 12.7 Å². The number of carbonyl (C=O) groups is 2. The summed E-state index contributed by atoms with van der Waals surface area (Å²) in [6, 6.07) is 17.3. The lowest BCUT2D eigenvalue weighted by Crippen LogP contribution is -2.43. The number of hydrogen-bond donors (Lipinski definition) is 1. The van der Waals surface area contributed by atoms with E-state index >= 15 is 0 Å². The molecule has 7 heteroatoms. The number of aromatic nitrogens is 1. The van der Waals surface area contributed by atoms with Gasteiger partial charge in [-0.25, -0.2) is 0 Å². The Morgan fingerprint density at radius 3 is 2.65 bits per heavy atom. The molecule has 5 rings (SSSR count). The van der Waals surface area contributed by atoms with Crippen LogP contribution < -0.4 is 14.8 Å². The van der Waals surface area contributed by atoms with Crippen molar-refractivity contribution in [3.63, 3.8) is 0 Å². The van der Waals surface area contributed by atoms with E-state index in [1.54, 1.807) is 12.3 Å². The van der Waals surface area contributed by atoms with Gasteiger partial charge in [0.1, 0.15) is 0 Å². The Bertz CT molecular complexity index is 1220. The van der Waals surface area contributed by atoms with Crippen molar-refractivity contribution in [2.45, 2.75) is 26.3 Å². The fraction of sp³-hybridized carbons (Fsp3) is 0.296. The average Bonchev–Trinajstić information content (AvgIpc) is 3.35. The number of aryl methyl sites for hydroxylation is 1. The molecule has 1 saturated heterocycles. The number of hydrogen-bond acceptors (Lipinski definition) is 5. The molecule has 0 aliphatic carbocycles. The molecule has 34 heavy (non-hydrogen) atoms. The molecular weight excluding hydrogens is 430 g/mol. The maximum Gasteiger partial charge on any atom is 0.256 e. The predicted molar refractivity (Wildman–Crippen MR) is 127 cm³/mol. The number of nitrogens with one attached hydrogen (secondary N) is 1. The first-order chi connectivity index (χ1) is 16.6. The fourth-order valence-electron chi connectivity index (χ4n) is 4.53. The minimum absolute atomic E-state index is 0.0201. The smallest absolute Gasteiger partial charge is 0.256 e. The van der Waals surface area contributed by atoms with Gasteiger partial charge >= 0.3 is 0 Å². The lowest BCUT2D eigenvalue weighted by Gasteiger charge is -2.31. The number of likely N-dealkylation sites (tertiary alicyclic amines) is 1. The normalized spacial score (nSPS) is 15.3. The van der Waals surface area contributed by atoms with E-state index in [9.17, 15) is 9.59 Å². The van der Waals surface area contributed by atoms with Crippen LogP contribution in [0.4, 0.5) is 0 Å². The number of benzene rings is 2. The predicted octanol–water partition coefficient (Wildman–Crippen LogP) is 3.95. The first kappa shape index (κ1) is 21.9. The summed E-state index contributed by atoms with van der Waals surface area (Å²) in [5, 5.41) is 3.02. The number of pyridine rings is 1. The number of carbonyl (C=O) groups excluding carboxylic acids is 2. The third-order valence-electron chi connectivity index (χ3n) is 6.49. The van der Waals surface area contributed by atoms with E-state index in [-0.39, 0.29) is 24.5 Å². The molecule has 0 saturated carbocycles. The Balaban J connectivity index is 1.19. The van der Waals surface area contributed by atoms with E-state index < -0.39 is 0 Å². The molecule has 2 aliphatic heterocycles. The SMILES string of the molecule is Cc1ccccc1-c1ncccc1C(=O)N1CCC(C(=O)NCc2ccc3c(c2)OCO3)CC1. The second-order valence-corrected chi connectivity index (χ2v) is 8.69. The Hall–Kier alpha value is -3.87. The van der Waals surface area contributed by atoms with E-state index in [1.165, 1.54) is 0 Å². The first-order valence-corrected chi connectivity index (χ1v) is 11.6. The van der Waals surface area contributed by atoms with Crippen molar-refractivity contribution in [3.8, 4) is 22.8 Å². The van der Waals surface area contributed by atoms with Gasteiger partial charge in [-0.3, -0.25) is 14.6 Å². The van der Waals surface area contributed by atoms with Crippen LogP contribution in [-0.4, -0.2) is 41.6 Å². The highest BCUT2D eigenvalue weighted by atomic mass is 16.7. The van der Waals surface area contributed by atoms with Crippen molar-refractivity contribution < 1.29 is 19.1 Å². The third kappa shape index (κ3) is 4.46. The summed E-state index contributed by atoms with van der Waals surface area (Å²) >= 11 is 0. The highest BCUT2D eigenvalue weighted by Crippen LogP contribution is 2.32. The van der Waals surface area contributed by atoms with E-state index in [2.05, 4.69) is 10.3 Å². The third-order valence-corrected chi connectivity index (χ3v) is 6.49. The second kappa shape index (κ2) is 9.55. The van der Waals surface area contributed by atoms with Crippen LogP contribution in [0.5, 0.6) is 11.5 Å². The molecule has 3 heterocycles. The minimum atomic E-state index is -0.109. The summed E-state index contributed by atoms with van der Waals surface area (Å²) in [7, 11) is 0. The molecule has 2 amide bonds. The summed E-state index contributed by atoms with van der Waals surface area (Å²) in [4.78, 5) is 32.4. The molecule has 174 valence electrons. The van der Waals surface area contributed by atoms with Gasteiger partial charge in [-0.2, -0.15) is 0 Å². The number of amides is 2. The maximum atomic E-state index is 13.3. The lowest BCUT2D eigenvalue weighted by molar-refractivity contribution is -0.126. The maximum absolute atomic E-state index is 13.3. The molecule has 1 N–H and O–H groups in total. The van der Waals surface area contributed by atoms with Crippen molar-refractivity contribution in [2.24, 2.45) is 5.92 Å². The molecule has 1 fully saturated rings. The Morgan fingerprint density at radius 1 is 1.03 bits per heavy atom.